The summed E-state index contributed by atoms with van der Waals surface area (Å²) in [5.41, 5.74) is 0.600. The molecule has 1 aromatic carbocycles. The van der Waals surface area contributed by atoms with Crippen molar-refractivity contribution in [2.45, 2.75) is 12.8 Å². The van der Waals surface area contributed by atoms with Gasteiger partial charge in [-0.25, -0.2) is 0 Å². The minimum atomic E-state index is -0.100. The standard InChI is InChI=1S/C16H24N4O2/c1-17-16(20-10-3-4-11-20)19-9-8-18-15(21)13-6-5-7-14(12-13)22-2/h5-7,12H,3-4,8-11H2,1-2H3,(H,17,19)(H,18,21). The zero-order valence-corrected chi connectivity index (χ0v) is 13.3. The van der Waals surface area contributed by atoms with Gasteiger partial charge in [-0.15, -0.1) is 0 Å². The molecule has 2 N–H and O–H groups in total. The van der Waals surface area contributed by atoms with Crippen molar-refractivity contribution in [1.29, 1.82) is 0 Å². The second-order valence-electron chi connectivity index (χ2n) is 5.16. The highest BCUT2D eigenvalue weighted by Gasteiger charge is 2.15. The van der Waals surface area contributed by atoms with Crippen LogP contribution in [0.3, 0.4) is 0 Å². The lowest BCUT2D eigenvalue weighted by atomic mass is 10.2. The first-order valence-corrected chi connectivity index (χ1v) is 7.62. The molecule has 120 valence electrons. The molecule has 0 atom stereocenters. The molecule has 0 spiro atoms. The number of hydrogen-bond donors (Lipinski definition) is 2. The molecular formula is C16H24N4O2. The molecule has 1 saturated heterocycles. The molecule has 2 rings (SSSR count). The van der Waals surface area contributed by atoms with Gasteiger partial charge in [-0.1, -0.05) is 6.07 Å². The van der Waals surface area contributed by atoms with Gasteiger partial charge in [-0.05, 0) is 31.0 Å². The van der Waals surface area contributed by atoms with E-state index >= 15 is 0 Å². The number of nitrogens with one attached hydrogen (secondary N) is 2. The molecule has 0 aromatic heterocycles. The largest absolute Gasteiger partial charge is 0.497 e. The molecule has 0 unspecified atom stereocenters. The number of aliphatic imine (C=N–C) groups is 1. The van der Waals surface area contributed by atoms with Crippen molar-refractivity contribution in [3.05, 3.63) is 29.8 Å². The molecule has 0 bridgehead atoms. The highest BCUT2D eigenvalue weighted by atomic mass is 16.5. The predicted molar refractivity (Wildman–Crippen MR) is 87.5 cm³/mol. The van der Waals surface area contributed by atoms with Crippen molar-refractivity contribution in [3.63, 3.8) is 0 Å². The van der Waals surface area contributed by atoms with Crippen LogP contribution in [-0.2, 0) is 0 Å². The Bertz CT molecular complexity index is 525. The van der Waals surface area contributed by atoms with Crippen LogP contribution in [0.2, 0.25) is 0 Å². The van der Waals surface area contributed by atoms with Crippen LogP contribution in [0.25, 0.3) is 0 Å². The first kappa shape index (κ1) is 16.1. The van der Waals surface area contributed by atoms with Gasteiger partial charge in [-0.2, -0.15) is 0 Å². The van der Waals surface area contributed by atoms with E-state index in [9.17, 15) is 4.79 Å². The van der Waals surface area contributed by atoms with Crippen LogP contribution in [0.1, 0.15) is 23.2 Å². The summed E-state index contributed by atoms with van der Waals surface area (Å²) in [5.74, 6) is 1.49. The smallest absolute Gasteiger partial charge is 0.251 e. The fourth-order valence-electron chi connectivity index (χ4n) is 2.48. The third kappa shape index (κ3) is 4.38. The molecule has 22 heavy (non-hydrogen) atoms. The van der Waals surface area contributed by atoms with Crippen molar-refractivity contribution in [2.75, 3.05) is 40.3 Å². The Kier molecular flexibility index (Phi) is 6.06. The van der Waals surface area contributed by atoms with Crippen molar-refractivity contribution >= 4 is 11.9 Å². The number of carbonyl (C=O) groups excluding carboxylic acids is 1. The molecular weight excluding hydrogens is 280 g/mol. The molecule has 1 fully saturated rings. The zero-order valence-electron chi connectivity index (χ0n) is 13.3. The van der Waals surface area contributed by atoms with Crippen molar-refractivity contribution in [1.82, 2.24) is 15.5 Å². The lowest BCUT2D eigenvalue weighted by molar-refractivity contribution is 0.0954. The van der Waals surface area contributed by atoms with E-state index in [0.29, 0.717) is 24.4 Å². The number of carbonyl (C=O) groups is 1. The average molecular weight is 304 g/mol. The number of nitrogens with zero attached hydrogens (tertiary/aromatic N) is 2. The third-order valence-corrected chi connectivity index (χ3v) is 3.64. The highest BCUT2D eigenvalue weighted by molar-refractivity contribution is 5.94. The minimum Gasteiger partial charge on any atom is -0.497 e. The molecule has 1 aliphatic rings. The monoisotopic (exact) mass is 304 g/mol. The maximum Gasteiger partial charge on any atom is 0.251 e. The summed E-state index contributed by atoms with van der Waals surface area (Å²) in [6, 6.07) is 7.12. The number of ether oxygens (including phenoxy) is 1. The summed E-state index contributed by atoms with van der Waals surface area (Å²) in [6.45, 7) is 3.30. The van der Waals surface area contributed by atoms with Gasteiger partial charge in [0.15, 0.2) is 5.96 Å². The van der Waals surface area contributed by atoms with Crippen LogP contribution >= 0.6 is 0 Å². The van der Waals surface area contributed by atoms with E-state index in [2.05, 4.69) is 20.5 Å². The third-order valence-electron chi connectivity index (χ3n) is 3.64. The summed E-state index contributed by atoms with van der Waals surface area (Å²) in [4.78, 5) is 18.6. The number of guanidine groups is 1. The van der Waals surface area contributed by atoms with E-state index in [0.717, 1.165) is 19.0 Å². The van der Waals surface area contributed by atoms with Crippen LogP contribution in [0.4, 0.5) is 0 Å². The zero-order chi connectivity index (χ0) is 15.8. The molecule has 0 radical (unpaired) electrons. The SMILES string of the molecule is CN=C(NCCNC(=O)c1cccc(OC)c1)N1CCCC1. The van der Waals surface area contributed by atoms with Crippen molar-refractivity contribution in [3.8, 4) is 5.75 Å². The summed E-state index contributed by atoms with van der Waals surface area (Å²) in [7, 11) is 3.38. The number of amides is 1. The minimum absolute atomic E-state index is 0.100. The second kappa shape index (κ2) is 8.26. The number of rotatable bonds is 5. The summed E-state index contributed by atoms with van der Waals surface area (Å²) in [6.07, 6.45) is 2.43. The topological polar surface area (TPSA) is 66.0 Å². The van der Waals surface area contributed by atoms with Gasteiger partial charge in [0.25, 0.3) is 5.91 Å². The Morgan fingerprint density at radius 1 is 1.27 bits per heavy atom. The summed E-state index contributed by atoms with van der Waals surface area (Å²) >= 11 is 0. The Hall–Kier alpha value is -2.24. The lowest BCUT2D eigenvalue weighted by Gasteiger charge is -2.20. The predicted octanol–water partition coefficient (Wildman–Crippen LogP) is 1.10. The van der Waals surface area contributed by atoms with E-state index in [1.165, 1.54) is 12.8 Å². The summed E-state index contributed by atoms with van der Waals surface area (Å²) in [5, 5.41) is 6.17. The van der Waals surface area contributed by atoms with Gasteiger partial charge in [0.1, 0.15) is 5.75 Å². The van der Waals surface area contributed by atoms with Gasteiger partial charge in [0, 0.05) is 38.8 Å². The Labute approximate surface area is 131 Å². The molecule has 1 aromatic rings. The molecule has 6 heteroatoms. The fourth-order valence-corrected chi connectivity index (χ4v) is 2.48. The molecule has 1 heterocycles. The van der Waals surface area contributed by atoms with E-state index in [1.807, 2.05) is 6.07 Å². The maximum absolute atomic E-state index is 12.0. The van der Waals surface area contributed by atoms with Crippen molar-refractivity contribution < 1.29 is 9.53 Å². The Balaban J connectivity index is 1.74. The van der Waals surface area contributed by atoms with E-state index < -0.39 is 0 Å². The molecule has 6 nitrogen and oxygen atoms in total. The van der Waals surface area contributed by atoms with Crippen LogP contribution in [-0.4, -0.2) is 57.1 Å². The quantitative estimate of drug-likeness (QED) is 0.486. The van der Waals surface area contributed by atoms with Gasteiger partial charge in [-0.3, -0.25) is 9.79 Å². The van der Waals surface area contributed by atoms with Crippen LogP contribution in [0.15, 0.2) is 29.3 Å². The summed E-state index contributed by atoms with van der Waals surface area (Å²) < 4.78 is 5.12. The fraction of sp³-hybridized carbons (Fsp3) is 0.500. The van der Waals surface area contributed by atoms with Crippen LogP contribution in [0, 0.1) is 0 Å². The molecule has 0 saturated carbocycles. The van der Waals surface area contributed by atoms with Crippen LogP contribution in [0.5, 0.6) is 5.75 Å². The lowest BCUT2D eigenvalue weighted by Crippen LogP contribution is -2.42. The number of hydrogen-bond acceptors (Lipinski definition) is 3. The molecule has 0 aliphatic carbocycles. The van der Waals surface area contributed by atoms with Crippen LogP contribution < -0.4 is 15.4 Å². The Morgan fingerprint density at radius 3 is 2.68 bits per heavy atom. The van der Waals surface area contributed by atoms with Gasteiger partial charge in [0.2, 0.25) is 0 Å². The highest BCUT2D eigenvalue weighted by Crippen LogP contribution is 2.12. The maximum atomic E-state index is 12.0. The number of benzene rings is 1. The molecule has 1 aliphatic heterocycles. The van der Waals surface area contributed by atoms with Gasteiger partial charge < -0.3 is 20.3 Å². The van der Waals surface area contributed by atoms with Gasteiger partial charge in [0.05, 0.1) is 7.11 Å². The number of likely N-dealkylation sites (tertiary alicyclic amines) is 1. The number of methoxy groups -OCH3 is 1. The normalized spacial score (nSPS) is 14.8. The first-order valence-electron chi connectivity index (χ1n) is 7.62. The Morgan fingerprint density at radius 2 is 2.00 bits per heavy atom. The van der Waals surface area contributed by atoms with Gasteiger partial charge >= 0.3 is 0 Å². The van der Waals surface area contributed by atoms with E-state index in [-0.39, 0.29) is 5.91 Å². The average Bonchev–Trinajstić information content (AvgIpc) is 3.09. The molecule has 1 amide bonds. The second-order valence-corrected chi connectivity index (χ2v) is 5.16. The van der Waals surface area contributed by atoms with Crippen molar-refractivity contribution in [2.24, 2.45) is 4.99 Å². The van der Waals surface area contributed by atoms with E-state index in [4.69, 9.17) is 4.74 Å². The van der Waals surface area contributed by atoms with E-state index in [1.54, 1.807) is 32.4 Å². The first-order chi connectivity index (χ1) is 10.7.